The second-order valence-corrected chi connectivity index (χ2v) is 8.07. The van der Waals surface area contributed by atoms with E-state index in [1.165, 1.54) is 0 Å². The molecule has 0 aliphatic heterocycles. The van der Waals surface area contributed by atoms with Gasteiger partial charge in [0.2, 0.25) is 0 Å². The van der Waals surface area contributed by atoms with Crippen molar-refractivity contribution in [3.8, 4) is 0 Å². The molecule has 4 heteroatoms. The first-order valence-electron chi connectivity index (χ1n) is 0.401. The molecule has 0 fully saturated rings. The molecule has 0 rings (SSSR count). The Morgan fingerprint density at radius 2 is 1.00 bits per heavy atom. The van der Waals surface area contributed by atoms with Gasteiger partial charge in [0.15, 0.2) is 0 Å². The van der Waals surface area contributed by atoms with Gasteiger partial charge in [-0.05, 0) is 0 Å². The van der Waals surface area contributed by atoms with Crippen molar-refractivity contribution in [2.24, 2.45) is 0 Å². The molecule has 0 aromatic rings. The van der Waals surface area contributed by atoms with Crippen LogP contribution in [0.15, 0.2) is 0 Å². The average Bonchev–Trinajstić information content (AvgIpc) is 0.811. The van der Waals surface area contributed by atoms with Crippen LogP contribution in [-0.2, 0) is 13.0 Å². The van der Waals surface area contributed by atoms with Gasteiger partial charge in [-0.15, -0.1) is 0 Å². The van der Waals surface area contributed by atoms with E-state index in [0.717, 1.165) is 0 Å². The molecule has 0 unspecified atom stereocenters. The van der Waals surface area contributed by atoms with Crippen molar-refractivity contribution in [3.63, 3.8) is 0 Å². The molecule has 0 aliphatic rings. The van der Waals surface area contributed by atoms with Crippen molar-refractivity contribution in [2.45, 2.75) is 7.43 Å². The zero-order chi connectivity index (χ0) is 3.58. The molecule has 0 heterocycles. The maximum atomic E-state index is 4.95. The molecule has 37 valence electrons. The average molecular weight is 223 g/mol. The van der Waals surface area contributed by atoms with Crippen molar-refractivity contribution >= 4 is 29.1 Å². The van der Waals surface area contributed by atoms with Gasteiger partial charge in [-0.1, -0.05) is 7.43 Å². The van der Waals surface area contributed by atoms with E-state index >= 15 is 0 Å². The van der Waals surface area contributed by atoms with Crippen LogP contribution in [-0.4, -0.2) is 0 Å². The number of rotatable bonds is 0. The Morgan fingerprint density at radius 3 is 1.00 bits per heavy atom. The molecule has 0 aliphatic carbocycles. The van der Waals surface area contributed by atoms with Gasteiger partial charge in [-0.2, -0.15) is 0 Å². The van der Waals surface area contributed by atoms with Gasteiger partial charge in [0.1, 0.15) is 0 Å². The number of hydrogen-bond acceptors (Lipinski definition) is 0. The fourth-order valence-electron chi connectivity index (χ4n) is 0. The molecular formula is CH4Cl3Ru. The number of hydrogen-bond donors (Lipinski definition) is 0. The predicted octanol–water partition coefficient (Wildman–Crippen LogP) is 2.70. The first-order chi connectivity index (χ1) is 1.73. The third-order valence-electron chi connectivity index (χ3n) is 0. The summed E-state index contributed by atoms with van der Waals surface area (Å²) in [4.78, 5) is 0. The molecule has 0 radical (unpaired) electrons. The fourth-order valence-corrected chi connectivity index (χ4v) is 0. The Kier molecular flexibility index (Phi) is 10.7. The maximum absolute atomic E-state index is 4.95. The monoisotopic (exact) mass is 223 g/mol. The molecule has 0 aromatic carbocycles. The summed E-state index contributed by atoms with van der Waals surface area (Å²) in [5.41, 5.74) is 0. The second-order valence-electron chi connectivity index (χ2n) is 0.152. The molecule has 0 aromatic heterocycles. The van der Waals surface area contributed by atoms with E-state index in [4.69, 9.17) is 29.1 Å². The van der Waals surface area contributed by atoms with Gasteiger partial charge >= 0.3 is 42.1 Å². The summed E-state index contributed by atoms with van der Waals surface area (Å²) in [5, 5.41) is 0. The van der Waals surface area contributed by atoms with Crippen molar-refractivity contribution < 1.29 is 13.0 Å². The summed E-state index contributed by atoms with van der Waals surface area (Å²) in [7, 11) is 14.8. The molecule has 0 saturated carbocycles. The first kappa shape index (κ1) is 9.71. The third-order valence-corrected chi connectivity index (χ3v) is 0. The second kappa shape index (κ2) is 5.49. The summed E-state index contributed by atoms with van der Waals surface area (Å²) in [6, 6.07) is 0. The topological polar surface area (TPSA) is 0 Å². The van der Waals surface area contributed by atoms with Crippen LogP contribution >= 0.6 is 29.1 Å². The van der Waals surface area contributed by atoms with Crippen LogP contribution in [0.3, 0.4) is 0 Å². The Hall–Kier alpha value is 1.49. The van der Waals surface area contributed by atoms with Crippen LogP contribution < -0.4 is 0 Å². The molecule has 0 amide bonds. The van der Waals surface area contributed by atoms with E-state index in [1.54, 1.807) is 0 Å². The molecule has 0 nitrogen and oxygen atoms in total. The molecular weight excluding hydrogens is 219 g/mol. The summed E-state index contributed by atoms with van der Waals surface area (Å²) >= 11 is -1.75. The van der Waals surface area contributed by atoms with E-state index in [9.17, 15) is 0 Å². The Bertz CT molecular complexity index is 11.6. The van der Waals surface area contributed by atoms with Crippen molar-refractivity contribution in [2.75, 3.05) is 0 Å². The van der Waals surface area contributed by atoms with E-state index < -0.39 is 13.0 Å². The molecule has 0 bridgehead atoms. The molecule has 0 atom stereocenters. The number of halogens is 3. The van der Waals surface area contributed by atoms with Gasteiger partial charge in [-0.25, -0.2) is 0 Å². The zero-order valence-electron chi connectivity index (χ0n) is 1.49. The third kappa shape index (κ3) is 30.1. The molecule has 0 N–H and O–H groups in total. The fraction of sp³-hybridized carbons (Fsp3) is 1.00. The normalized spacial score (nSPS) is 9.00. The molecule has 0 spiro atoms. The predicted molar refractivity (Wildman–Crippen MR) is 24.3 cm³/mol. The van der Waals surface area contributed by atoms with Gasteiger partial charge in [0, 0.05) is 0 Å². The van der Waals surface area contributed by atoms with Crippen molar-refractivity contribution in [3.05, 3.63) is 0 Å². The Morgan fingerprint density at radius 1 is 1.00 bits per heavy atom. The summed E-state index contributed by atoms with van der Waals surface area (Å²) < 4.78 is 0. The first-order valence-corrected chi connectivity index (χ1v) is 7.12. The van der Waals surface area contributed by atoms with Crippen molar-refractivity contribution in [1.29, 1.82) is 0 Å². The summed E-state index contributed by atoms with van der Waals surface area (Å²) in [6.07, 6.45) is 0. The van der Waals surface area contributed by atoms with Crippen LogP contribution in [0.5, 0.6) is 0 Å². The van der Waals surface area contributed by atoms with Gasteiger partial charge in [0.05, 0.1) is 0 Å². The van der Waals surface area contributed by atoms with E-state index in [0.29, 0.717) is 0 Å². The van der Waals surface area contributed by atoms with Gasteiger partial charge in [-0.3, -0.25) is 0 Å². The van der Waals surface area contributed by atoms with Crippen LogP contribution in [0.1, 0.15) is 7.43 Å². The van der Waals surface area contributed by atoms with Gasteiger partial charge in [0.25, 0.3) is 0 Å². The Labute approximate surface area is 49.4 Å². The van der Waals surface area contributed by atoms with Crippen LogP contribution in [0, 0.1) is 0 Å². The van der Waals surface area contributed by atoms with Crippen LogP contribution in [0.4, 0.5) is 0 Å². The van der Waals surface area contributed by atoms with E-state index in [1.807, 2.05) is 0 Å². The quantitative estimate of drug-likeness (QED) is 0.554. The summed E-state index contributed by atoms with van der Waals surface area (Å²) in [6.45, 7) is 0. The standard InChI is InChI=1S/CH4.3ClH.Ru/h1H4;3*1H;/q;;;;+3/p-3. The molecule has 5 heavy (non-hydrogen) atoms. The van der Waals surface area contributed by atoms with Crippen molar-refractivity contribution in [1.82, 2.24) is 0 Å². The minimum atomic E-state index is -1.75. The van der Waals surface area contributed by atoms with Crippen LogP contribution in [0.2, 0.25) is 0 Å². The Balaban J connectivity index is 0. The summed E-state index contributed by atoms with van der Waals surface area (Å²) in [5.74, 6) is 0. The van der Waals surface area contributed by atoms with E-state index in [2.05, 4.69) is 0 Å². The van der Waals surface area contributed by atoms with Crippen LogP contribution in [0.25, 0.3) is 0 Å². The minimum absolute atomic E-state index is 0. The molecule has 0 saturated heterocycles. The van der Waals surface area contributed by atoms with E-state index in [-0.39, 0.29) is 7.43 Å². The van der Waals surface area contributed by atoms with Gasteiger partial charge < -0.3 is 0 Å². The zero-order valence-corrected chi connectivity index (χ0v) is 5.49. The SMILES string of the molecule is C.[Cl][Ru]([Cl])[Cl].